The van der Waals surface area contributed by atoms with Crippen LogP contribution in [0.4, 0.5) is 30.2 Å². The van der Waals surface area contributed by atoms with E-state index in [9.17, 15) is 28.1 Å². The summed E-state index contributed by atoms with van der Waals surface area (Å²) in [5.41, 5.74) is -1.56. The molecule has 1 N–H and O–H groups in total. The van der Waals surface area contributed by atoms with Crippen LogP contribution in [-0.2, 0) is 11.0 Å². The first-order valence-corrected chi connectivity index (χ1v) is 13.8. The third-order valence-corrected chi connectivity index (χ3v) is 8.55. The maximum atomic E-state index is 13.6. The number of halogens is 4. The number of amides is 1. The van der Waals surface area contributed by atoms with Crippen molar-refractivity contribution in [2.75, 3.05) is 49.5 Å². The van der Waals surface area contributed by atoms with Gasteiger partial charge in [-0.1, -0.05) is 11.6 Å². The SMILES string of the molecule is CC(N1CCN(c2ccc(Cl)cc2)CC1)C(C)(C)C(=O)N1CCC(Nc2ccc([N+](=O)[O-])c(C(F)(F)F)c2)CC1. The summed E-state index contributed by atoms with van der Waals surface area (Å²) >= 11 is 6.01. The Morgan fingerprint density at radius 3 is 2.17 bits per heavy atom. The Morgan fingerprint density at radius 2 is 1.62 bits per heavy atom. The quantitative estimate of drug-likeness (QED) is 0.323. The summed E-state index contributed by atoms with van der Waals surface area (Å²) < 4.78 is 40.0. The van der Waals surface area contributed by atoms with Crippen LogP contribution < -0.4 is 10.2 Å². The predicted molar refractivity (Wildman–Crippen MR) is 150 cm³/mol. The number of hydrogen-bond acceptors (Lipinski definition) is 6. The Kier molecular flexibility index (Phi) is 8.84. The lowest BCUT2D eigenvalue weighted by atomic mass is 9.82. The predicted octanol–water partition coefficient (Wildman–Crippen LogP) is 5.91. The number of benzene rings is 2. The Labute approximate surface area is 237 Å². The minimum Gasteiger partial charge on any atom is -0.382 e. The second-order valence-corrected chi connectivity index (χ2v) is 11.5. The summed E-state index contributed by atoms with van der Waals surface area (Å²) in [4.78, 5) is 30.1. The lowest BCUT2D eigenvalue weighted by Crippen LogP contribution is -2.58. The molecule has 0 saturated carbocycles. The Hall–Kier alpha value is -3.05. The van der Waals surface area contributed by atoms with Crippen molar-refractivity contribution in [1.82, 2.24) is 9.80 Å². The molecule has 2 saturated heterocycles. The van der Waals surface area contributed by atoms with Crippen LogP contribution in [0, 0.1) is 15.5 Å². The van der Waals surface area contributed by atoms with E-state index in [1.807, 2.05) is 43.0 Å². The average Bonchev–Trinajstić information content (AvgIpc) is 2.92. The van der Waals surface area contributed by atoms with Crippen LogP contribution in [0.1, 0.15) is 39.2 Å². The molecule has 218 valence electrons. The van der Waals surface area contributed by atoms with E-state index in [-0.39, 0.29) is 23.7 Å². The molecule has 0 aromatic heterocycles. The summed E-state index contributed by atoms with van der Waals surface area (Å²) in [5.74, 6) is 0.0632. The van der Waals surface area contributed by atoms with Crippen LogP contribution >= 0.6 is 11.6 Å². The first-order valence-electron chi connectivity index (χ1n) is 13.4. The number of anilines is 2. The highest BCUT2D eigenvalue weighted by molar-refractivity contribution is 6.30. The fraction of sp³-hybridized carbons (Fsp3) is 0.536. The van der Waals surface area contributed by atoms with Crippen LogP contribution in [0.3, 0.4) is 0 Å². The van der Waals surface area contributed by atoms with Gasteiger partial charge in [-0.3, -0.25) is 19.8 Å². The van der Waals surface area contributed by atoms with E-state index in [0.717, 1.165) is 44.0 Å². The number of carbonyl (C=O) groups is 1. The van der Waals surface area contributed by atoms with Gasteiger partial charge in [-0.25, -0.2) is 0 Å². The van der Waals surface area contributed by atoms with Crippen molar-refractivity contribution in [2.24, 2.45) is 5.41 Å². The zero-order valence-corrected chi connectivity index (χ0v) is 23.6. The highest BCUT2D eigenvalue weighted by Crippen LogP contribution is 2.38. The van der Waals surface area contributed by atoms with Crippen LogP contribution in [0.2, 0.25) is 5.02 Å². The van der Waals surface area contributed by atoms with Gasteiger partial charge in [-0.05, 0) is 70.0 Å². The molecule has 8 nitrogen and oxygen atoms in total. The van der Waals surface area contributed by atoms with Gasteiger partial charge in [-0.2, -0.15) is 13.2 Å². The number of nitro groups is 1. The van der Waals surface area contributed by atoms with Crippen molar-refractivity contribution < 1.29 is 22.9 Å². The van der Waals surface area contributed by atoms with Gasteiger partial charge in [0.15, 0.2) is 0 Å². The Morgan fingerprint density at radius 1 is 1.02 bits per heavy atom. The molecule has 2 aliphatic rings. The van der Waals surface area contributed by atoms with Gasteiger partial charge < -0.3 is 15.1 Å². The molecule has 4 rings (SSSR count). The van der Waals surface area contributed by atoms with Crippen molar-refractivity contribution in [1.29, 1.82) is 0 Å². The standard InChI is InChI=1S/C28H35ClF3N5O3/c1-19(34-14-16-35(17-15-34)23-7-4-20(29)5-8-23)27(2,3)26(38)36-12-10-21(11-13-36)33-22-6-9-25(37(39)40)24(18-22)28(30,31)32/h4-9,18-19,21,33H,10-17H2,1-3H3. The molecular formula is C28H35ClF3N5O3. The van der Waals surface area contributed by atoms with Gasteiger partial charge in [0.2, 0.25) is 5.91 Å². The molecule has 2 heterocycles. The second kappa shape index (κ2) is 11.8. The molecule has 40 heavy (non-hydrogen) atoms. The van der Waals surface area contributed by atoms with Crippen LogP contribution in [0.25, 0.3) is 0 Å². The number of piperazine rings is 1. The fourth-order valence-electron chi connectivity index (χ4n) is 5.54. The van der Waals surface area contributed by atoms with Gasteiger partial charge in [0, 0.05) is 73.8 Å². The molecule has 2 aromatic rings. The molecular weight excluding hydrogens is 547 g/mol. The van der Waals surface area contributed by atoms with Crippen LogP contribution in [0.15, 0.2) is 42.5 Å². The number of rotatable bonds is 7. The van der Waals surface area contributed by atoms with Crippen molar-refractivity contribution >= 4 is 34.6 Å². The Balaban J connectivity index is 1.31. The molecule has 0 bridgehead atoms. The molecule has 0 spiro atoms. The molecule has 0 radical (unpaired) electrons. The third kappa shape index (κ3) is 6.63. The van der Waals surface area contributed by atoms with Crippen molar-refractivity contribution in [3.05, 3.63) is 63.2 Å². The van der Waals surface area contributed by atoms with E-state index in [1.54, 1.807) is 0 Å². The summed E-state index contributed by atoms with van der Waals surface area (Å²) in [7, 11) is 0. The molecule has 1 amide bonds. The summed E-state index contributed by atoms with van der Waals surface area (Å²) in [5, 5.41) is 14.8. The summed E-state index contributed by atoms with van der Waals surface area (Å²) in [6, 6.07) is 10.6. The highest BCUT2D eigenvalue weighted by Gasteiger charge is 2.42. The largest absolute Gasteiger partial charge is 0.423 e. The average molecular weight is 582 g/mol. The topological polar surface area (TPSA) is 82.0 Å². The maximum Gasteiger partial charge on any atom is 0.423 e. The van der Waals surface area contributed by atoms with E-state index in [4.69, 9.17) is 11.6 Å². The third-order valence-electron chi connectivity index (χ3n) is 8.30. The first-order chi connectivity index (χ1) is 18.8. The lowest BCUT2D eigenvalue weighted by Gasteiger charge is -2.46. The van der Waals surface area contributed by atoms with Gasteiger partial charge in [0.05, 0.1) is 10.3 Å². The summed E-state index contributed by atoms with van der Waals surface area (Å²) in [6.45, 7) is 10.4. The van der Waals surface area contributed by atoms with Crippen LogP contribution in [0.5, 0.6) is 0 Å². The molecule has 1 unspecified atom stereocenters. The van der Waals surface area contributed by atoms with Crippen molar-refractivity contribution in [2.45, 2.75) is 51.9 Å². The van der Waals surface area contributed by atoms with E-state index in [2.05, 4.69) is 22.0 Å². The normalized spacial score (nSPS) is 18.5. The number of nitro benzene ring substituents is 1. The fourth-order valence-corrected chi connectivity index (χ4v) is 5.66. The van der Waals surface area contributed by atoms with Gasteiger partial charge in [-0.15, -0.1) is 0 Å². The van der Waals surface area contributed by atoms with Crippen molar-refractivity contribution in [3.63, 3.8) is 0 Å². The molecule has 1 atom stereocenters. The van der Waals surface area contributed by atoms with E-state index in [0.29, 0.717) is 31.0 Å². The molecule has 0 aliphatic carbocycles. The van der Waals surface area contributed by atoms with Gasteiger partial charge in [0.25, 0.3) is 5.69 Å². The number of piperidine rings is 1. The lowest BCUT2D eigenvalue weighted by molar-refractivity contribution is -0.388. The maximum absolute atomic E-state index is 13.6. The van der Waals surface area contributed by atoms with Gasteiger partial charge in [0.1, 0.15) is 5.56 Å². The molecule has 2 aromatic carbocycles. The number of carbonyl (C=O) groups excluding carboxylic acids is 1. The zero-order valence-electron chi connectivity index (χ0n) is 22.9. The number of alkyl halides is 3. The molecule has 2 fully saturated rings. The number of nitrogens with zero attached hydrogens (tertiary/aromatic N) is 4. The number of hydrogen-bond donors (Lipinski definition) is 1. The van der Waals surface area contributed by atoms with Gasteiger partial charge >= 0.3 is 6.18 Å². The minimum absolute atomic E-state index is 0.0177. The summed E-state index contributed by atoms with van der Waals surface area (Å²) in [6.07, 6.45) is -3.71. The highest BCUT2D eigenvalue weighted by atomic mass is 35.5. The first kappa shape index (κ1) is 29.9. The zero-order chi connectivity index (χ0) is 29.2. The van der Waals surface area contributed by atoms with Crippen LogP contribution in [-0.4, -0.2) is 72.0 Å². The molecule has 2 aliphatic heterocycles. The van der Waals surface area contributed by atoms with E-state index >= 15 is 0 Å². The Bertz CT molecular complexity index is 1210. The second-order valence-electron chi connectivity index (χ2n) is 11.1. The van der Waals surface area contributed by atoms with E-state index in [1.165, 1.54) is 6.07 Å². The minimum atomic E-state index is -4.83. The number of nitrogens with one attached hydrogen (secondary N) is 1. The van der Waals surface area contributed by atoms with Crippen molar-refractivity contribution in [3.8, 4) is 0 Å². The van der Waals surface area contributed by atoms with E-state index < -0.39 is 27.8 Å². The molecule has 12 heteroatoms. The smallest absolute Gasteiger partial charge is 0.382 e. The monoisotopic (exact) mass is 581 g/mol. The number of likely N-dealkylation sites (tertiary alicyclic amines) is 1.